The molecule has 2 nitrogen and oxygen atoms in total. The van der Waals surface area contributed by atoms with E-state index < -0.39 is 0 Å². The lowest BCUT2D eigenvalue weighted by Gasteiger charge is -2.19. The monoisotopic (exact) mass is 209 g/mol. The number of carbonyl (C=O) groups excluding carboxylic acids is 1. The summed E-state index contributed by atoms with van der Waals surface area (Å²) in [6, 6.07) is 7.38. The average Bonchev–Trinajstić information content (AvgIpc) is 2.20. The topological polar surface area (TPSA) is 20.3 Å². The van der Waals surface area contributed by atoms with E-state index in [1.54, 1.807) is 4.90 Å². The van der Waals surface area contributed by atoms with E-state index in [4.69, 9.17) is 0 Å². The molecule has 0 bridgehead atoms. The van der Waals surface area contributed by atoms with Crippen LogP contribution in [0, 0.1) is 0 Å². The molecule has 0 atom stereocenters. The summed E-state index contributed by atoms with van der Waals surface area (Å²) in [7, 11) is 0. The highest BCUT2D eigenvalue weighted by molar-refractivity contribution is 7.80. The Labute approximate surface area is 90.3 Å². The fourth-order valence-electron chi connectivity index (χ4n) is 1.34. The number of nitrogens with zero attached hydrogens (tertiary/aromatic N) is 1. The van der Waals surface area contributed by atoms with Gasteiger partial charge in [0, 0.05) is 18.0 Å². The lowest BCUT2D eigenvalue weighted by atomic mass is 10.2. The summed E-state index contributed by atoms with van der Waals surface area (Å²) in [4.78, 5) is 14.4. The molecule has 0 saturated carbocycles. The molecule has 1 aromatic rings. The van der Waals surface area contributed by atoms with Crippen molar-refractivity contribution in [1.29, 1.82) is 0 Å². The lowest BCUT2D eigenvalue weighted by molar-refractivity contribution is 0.0769. The molecule has 0 aliphatic rings. The number of hydrogen-bond donors (Lipinski definition) is 1. The smallest absolute Gasteiger partial charge is 0.254 e. The van der Waals surface area contributed by atoms with Crippen molar-refractivity contribution in [1.82, 2.24) is 4.90 Å². The van der Waals surface area contributed by atoms with Crippen molar-refractivity contribution in [2.75, 3.05) is 13.1 Å². The summed E-state index contributed by atoms with van der Waals surface area (Å²) >= 11 is 4.26. The molecule has 76 valence electrons. The molecule has 0 radical (unpaired) electrons. The van der Waals surface area contributed by atoms with Crippen molar-refractivity contribution in [3.63, 3.8) is 0 Å². The second-order valence-corrected chi connectivity index (χ2v) is 3.48. The number of thiol groups is 1. The van der Waals surface area contributed by atoms with E-state index in [1.165, 1.54) is 0 Å². The van der Waals surface area contributed by atoms with E-state index in [0.29, 0.717) is 5.56 Å². The number of amides is 1. The Kier molecular flexibility index (Phi) is 4.01. The predicted octanol–water partition coefficient (Wildman–Crippen LogP) is 2.46. The molecule has 0 fully saturated rings. The molecule has 3 heteroatoms. The van der Waals surface area contributed by atoms with Crippen molar-refractivity contribution in [3.8, 4) is 0 Å². The minimum atomic E-state index is 0.0561. The summed E-state index contributed by atoms with van der Waals surface area (Å²) in [6.45, 7) is 5.42. The molecule has 0 spiro atoms. The standard InChI is InChI=1S/C11H15NOS/c1-3-12(4-2)11(13)9-7-5-6-8-10(9)14/h5-8,14H,3-4H2,1-2H3. The zero-order valence-corrected chi connectivity index (χ0v) is 9.42. The molecule has 1 aromatic carbocycles. The highest BCUT2D eigenvalue weighted by atomic mass is 32.1. The van der Waals surface area contributed by atoms with Crippen LogP contribution in [-0.2, 0) is 0 Å². The quantitative estimate of drug-likeness (QED) is 0.758. The molecular weight excluding hydrogens is 194 g/mol. The van der Waals surface area contributed by atoms with Crippen LogP contribution in [0.3, 0.4) is 0 Å². The van der Waals surface area contributed by atoms with Crippen LogP contribution in [0.25, 0.3) is 0 Å². The summed E-state index contributed by atoms with van der Waals surface area (Å²) < 4.78 is 0. The Morgan fingerprint density at radius 1 is 1.29 bits per heavy atom. The average molecular weight is 209 g/mol. The molecule has 0 aliphatic heterocycles. The van der Waals surface area contributed by atoms with Gasteiger partial charge in [-0.2, -0.15) is 0 Å². The van der Waals surface area contributed by atoms with Crippen molar-refractivity contribution in [3.05, 3.63) is 29.8 Å². The fraction of sp³-hybridized carbons (Fsp3) is 0.364. The predicted molar refractivity (Wildman–Crippen MR) is 60.9 cm³/mol. The third-order valence-corrected chi connectivity index (χ3v) is 2.58. The maximum Gasteiger partial charge on any atom is 0.254 e. The zero-order chi connectivity index (χ0) is 10.6. The maximum absolute atomic E-state index is 11.9. The van der Waals surface area contributed by atoms with Crippen LogP contribution >= 0.6 is 12.6 Å². The SMILES string of the molecule is CCN(CC)C(=O)c1ccccc1S. The molecule has 0 aromatic heterocycles. The van der Waals surface area contributed by atoms with Crippen molar-refractivity contribution in [2.45, 2.75) is 18.7 Å². The van der Waals surface area contributed by atoms with Crippen LogP contribution in [0.15, 0.2) is 29.2 Å². The van der Waals surface area contributed by atoms with Gasteiger partial charge in [-0.15, -0.1) is 12.6 Å². The van der Waals surface area contributed by atoms with Gasteiger partial charge in [0.05, 0.1) is 5.56 Å². The first-order chi connectivity index (χ1) is 6.70. The van der Waals surface area contributed by atoms with Gasteiger partial charge in [-0.05, 0) is 26.0 Å². The van der Waals surface area contributed by atoms with E-state index in [9.17, 15) is 4.79 Å². The normalized spacial score (nSPS) is 9.93. The van der Waals surface area contributed by atoms with E-state index >= 15 is 0 Å². The van der Waals surface area contributed by atoms with E-state index in [1.807, 2.05) is 38.1 Å². The first-order valence-electron chi connectivity index (χ1n) is 4.78. The van der Waals surface area contributed by atoms with Crippen LogP contribution in [0.4, 0.5) is 0 Å². The van der Waals surface area contributed by atoms with Gasteiger partial charge in [-0.3, -0.25) is 4.79 Å². The minimum absolute atomic E-state index is 0.0561. The molecule has 0 heterocycles. The highest BCUT2D eigenvalue weighted by Crippen LogP contribution is 2.14. The Morgan fingerprint density at radius 3 is 2.36 bits per heavy atom. The largest absolute Gasteiger partial charge is 0.339 e. The van der Waals surface area contributed by atoms with Crippen molar-refractivity contribution < 1.29 is 4.79 Å². The number of benzene rings is 1. The third-order valence-electron chi connectivity index (χ3n) is 2.19. The van der Waals surface area contributed by atoms with Gasteiger partial charge in [0.25, 0.3) is 5.91 Å². The molecule has 0 unspecified atom stereocenters. The van der Waals surface area contributed by atoms with Gasteiger partial charge >= 0.3 is 0 Å². The maximum atomic E-state index is 11.9. The van der Waals surface area contributed by atoms with Crippen molar-refractivity contribution in [2.24, 2.45) is 0 Å². The van der Waals surface area contributed by atoms with Crippen LogP contribution in [0.2, 0.25) is 0 Å². The van der Waals surface area contributed by atoms with Crippen LogP contribution in [0.5, 0.6) is 0 Å². The second kappa shape index (κ2) is 5.05. The Hall–Kier alpha value is -0.960. The van der Waals surface area contributed by atoms with E-state index in [2.05, 4.69) is 12.6 Å². The summed E-state index contributed by atoms with van der Waals surface area (Å²) in [6.07, 6.45) is 0. The van der Waals surface area contributed by atoms with Gasteiger partial charge in [-0.25, -0.2) is 0 Å². The second-order valence-electron chi connectivity index (χ2n) is 2.99. The van der Waals surface area contributed by atoms with Gasteiger partial charge in [0.2, 0.25) is 0 Å². The molecule has 0 saturated heterocycles. The van der Waals surface area contributed by atoms with Gasteiger partial charge in [0.15, 0.2) is 0 Å². The zero-order valence-electron chi connectivity index (χ0n) is 8.53. The molecule has 1 amide bonds. The van der Waals surface area contributed by atoms with Crippen LogP contribution in [0.1, 0.15) is 24.2 Å². The van der Waals surface area contributed by atoms with Crippen molar-refractivity contribution >= 4 is 18.5 Å². The van der Waals surface area contributed by atoms with E-state index in [-0.39, 0.29) is 5.91 Å². The first-order valence-corrected chi connectivity index (χ1v) is 5.22. The lowest BCUT2D eigenvalue weighted by Crippen LogP contribution is -2.30. The first kappa shape index (κ1) is 11.1. The third kappa shape index (κ3) is 2.29. The Bertz CT molecular complexity index is 321. The number of carbonyl (C=O) groups is 1. The Morgan fingerprint density at radius 2 is 1.86 bits per heavy atom. The molecule has 0 N–H and O–H groups in total. The number of rotatable bonds is 3. The van der Waals surface area contributed by atoms with Gasteiger partial charge < -0.3 is 4.90 Å². The van der Waals surface area contributed by atoms with Gasteiger partial charge in [0.1, 0.15) is 0 Å². The van der Waals surface area contributed by atoms with Crippen LogP contribution in [-0.4, -0.2) is 23.9 Å². The Balaban J connectivity index is 2.94. The summed E-state index contributed by atoms with van der Waals surface area (Å²) in [5.74, 6) is 0.0561. The van der Waals surface area contributed by atoms with Gasteiger partial charge in [-0.1, -0.05) is 12.1 Å². The summed E-state index contributed by atoms with van der Waals surface area (Å²) in [5.41, 5.74) is 0.680. The fourth-order valence-corrected chi connectivity index (χ4v) is 1.59. The highest BCUT2D eigenvalue weighted by Gasteiger charge is 2.13. The van der Waals surface area contributed by atoms with E-state index in [0.717, 1.165) is 18.0 Å². The molecule has 0 aliphatic carbocycles. The summed E-state index contributed by atoms with van der Waals surface area (Å²) in [5, 5.41) is 0. The molecular formula is C11H15NOS. The van der Waals surface area contributed by atoms with Crippen LogP contribution < -0.4 is 0 Å². The molecule has 14 heavy (non-hydrogen) atoms. The molecule has 1 rings (SSSR count). The number of hydrogen-bond acceptors (Lipinski definition) is 2. The minimum Gasteiger partial charge on any atom is -0.339 e.